The Labute approximate surface area is 151 Å². The van der Waals surface area contributed by atoms with Gasteiger partial charge in [-0.05, 0) is 47.7 Å². The zero-order valence-electron chi connectivity index (χ0n) is 13.1. The summed E-state index contributed by atoms with van der Waals surface area (Å²) in [6.45, 7) is 0. The van der Waals surface area contributed by atoms with Crippen molar-refractivity contribution in [3.63, 3.8) is 0 Å². The molecule has 9 nitrogen and oxygen atoms in total. The molecule has 0 unspecified atom stereocenters. The van der Waals surface area contributed by atoms with Crippen LogP contribution in [0.2, 0.25) is 0 Å². The van der Waals surface area contributed by atoms with Gasteiger partial charge in [0, 0.05) is 30.1 Å². The van der Waals surface area contributed by atoms with Crippen LogP contribution >= 0.6 is 11.8 Å². The van der Waals surface area contributed by atoms with Crippen LogP contribution in [0.25, 0.3) is 6.08 Å². The number of nitrogens with one attached hydrogen (secondary N) is 2. The molecule has 3 rings (SSSR count). The average Bonchev–Trinajstić information content (AvgIpc) is 3.00. The summed E-state index contributed by atoms with van der Waals surface area (Å²) in [7, 11) is 0. The summed E-state index contributed by atoms with van der Waals surface area (Å²) in [5, 5.41) is 17.3. The van der Waals surface area contributed by atoms with E-state index in [0.717, 1.165) is 11.8 Å². The van der Waals surface area contributed by atoms with Crippen molar-refractivity contribution in [1.29, 1.82) is 0 Å². The molecule has 10 heteroatoms. The van der Waals surface area contributed by atoms with Crippen molar-refractivity contribution in [3.05, 3.63) is 74.9 Å². The zero-order chi connectivity index (χ0) is 18.5. The second-order valence-corrected chi connectivity index (χ2v) is 6.04. The number of nitro groups is 1. The van der Waals surface area contributed by atoms with E-state index in [-0.39, 0.29) is 16.8 Å². The van der Waals surface area contributed by atoms with Gasteiger partial charge in [0.2, 0.25) is 0 Å². The Balaban J connectivity index is 1.68. The Morgan fingerprint density at radius 2 is 1.92 bits per heavy atom. The van der Waals surface area contributed by atoms with Gasteiger partial charge in [-0.2, -0.15) is 0 Å². The van der Waals surface area contributed by atoms with Crippen LogP contribution in [0.4, 0.5) is 5.69 Å². The van der Waals surface area contributed by atoms with Crippen LogP contribution in [-0.4, -0.2) is 26.9 Å². The van der Waals surface area contributed by atoms with Crippen LogP contribution in [0, 0.1) is 10.1 Å². The summed E-state index contributed by atoms with van der Waals surface area (Å²) >= 11 is 1.05. The van der Waals surface area contributed by atoms with Crippen molar-refractivity contribution in [2.75, 3.05) is 0 Å². The van der Waals surface area contributed by atoms with Gasteiger partial charge in [0.25, 0.3) is 17.5 Å². The highest BCUT2D eigenvalue weighted by Gasteiger charge is 2.24. The lowest BCUT2D eigenvalue weighted by molar-refractivity contribution is -0.384. The third-order valence-corrected chi connectivity index (χ3v) is 4.16. The first-order chi connectivity index (χ1) is 12.5. The summed E-state index contributed by atoms with van der Waals surface area (Å²) < 4.78 is 0. The number of amides is 2. The highest BCUT2D eigenvalue weighted by Crippen LogP contribution is 2.26. The Kier molecular flexibility index (Phi) is 5.04. The fourth-order valence-electron chi connectivity index (χ4n) is 1.99. The molecule has 1 fully saturated rings. The number of nitrogens with zero attached hydrogens (tertiary/aromatic N) is 3. The minimum atomic E-state index is -0.496. The van der Waals surface area contributed by atoms with Gasteiger partial charge < -0.3 is 0 Å². The van der Waals surface area contributed by atoms with E-state index in [1.165, 1.54) is 36.7 Å². The molecule has 0 bridgehead atoms. The number of hydrogen-bond donors (Lipinski definition) is 2. The predicted molar refractivity (Wildman–Crippen MR) is 95.9 cm³/mol. The maximum atomic E-state index is 12.0. The minimum absolute atomic E-state index is 0.0308. The number of hydrogen-bond acceptors (Lipinski definition) is 7. The van der Waals surface area contributed by atoms with Crippen LogP contribution in [0.1, 0.15) is 15.9 Å². The number of pyridine rings is 1. The van der Waals surface area contributed by atoms with E-state index in [4.69, 9.17) is 0 Å². The van der Waals surface area contributed by atoms with Gasteiger partial charge >= 0.3 is 0 Å². The topological polar surface area (TPSA) is 127 Å². The Bertz CT molecular complexity index is 925. The molecule has 1 aliphatic heterocycles. The largest absolute Gasteiger partial charge is 0.299 e. The van der Waals surface area contributed by atoms with Crippen LogP contribution in [-0.2, 0) is 4.79 Å². The number of rotatable bonds is 4. The molecule has 2 amide bonds. The first-order valence-corrected chi connectivity index (χ1v) is 8.08. The molecular formula is C16H11N5O4S. The molecule has 1 aliphatic rings. The van der Waals surface area contributed by atoms with Crippen LogP contribution in [0.3, 0.4) is 0 Å². The first kappa shape index (κ1) is 17.3. The molecule has 26 heavy (non-hydrogen) atoms. The van der Waals surface area contributed by atoms with E-state index in [1.54, 1.807) is 18.2 Å². The van der Waals surface area contributed by atoms with E-state index in [1.807, 2.05) is 0 Å². The van der Waals surface area contributed by atoms with Gasteiger partial charge in [-0.1, -0.05) is 0 Å². The molecule has 2 heterocycles. The second-order valence-electron chi connectivity index (χ2n) is 5.01. The zero-order valence-corrected chi connectivity index (χ0v) is 13.9. The van der Waals surface area contributed by atoms with Crippen molar-refractivity contribution >= 4 is 40.5 Å². The molecule has 2 N–H and O–H groups in total. The van der Waals surface area contributed by atoms with Gasteiger partial charge in [0.15, 0.2) is 5.17 Å². The van der Waals surface area contributed by atoms with E-state index in [2.05, 4.69) is 20.8 Å². The molecule has 1 saturated heterocycles. The molecule has 0 radical (unpaired) electrons. The fraction of sp³-hybridized carbons (Fsp3) is 0. The smallest absolute Gasteiger partial charge is 0.271 e. The molecule has 0 spiro atoms. The second kappa shape index (κ2) is 7.57. The van der Waals surface area contributed by atoms with Gasteiger partial charge in [-0.15, -0.1) is 5.10 Å². The number of aromatic nitrogens is 1. The maximum absolute atomic E-state index is 12.0. The molecule has 1 aromatic heterocycles. The van der Waals surface area contributed by atoms with Gasteiger partial charge in [0.05, 0.1) is 9.83 Å². The van der Waals surface area contributed by atoms with E-state index < -0.39 is 10.8 Å². The lowest BCUT2D eigenvalue weighted by atomic mass is 10.2. The summed E-state index contributed by atoms with van der Waals surface area (Å²) in [5.74, 6) is -0.798. The molecular weight excluding hydrogens is 358 g/mol. The lowest BCUT2D eigenvalue weighted by Crippen LogP contribution is -2.25. The molecule has 0 aliphatic carbocycles. The minimum Gasteiger partial charge on any atom is -0.299 e. The van der Waals surface area contributed by atoms with Gasteiger partial charge in [-0.25, -0.2) is 5.43 Å². The molecule has 0 atom stereocenters. The third-order valence-electron chi connectivity index (χ3n) is 3.25. The number of amidine groups is 1. The van der Waals surface area contributed by atoms with Crippen LogP contribution < -0.4 is 10.7 Å². The van der Waals surface area contributed by atoms with Gasteiger partial charge in [-0.3, -0.25) is 30.0 Å². The van der Waals surface area contributed by atoms with Crippen LogP contribution in [0.5, 0.6) is 0 Å². The lowest BCUT2D eigenvalue weighted by Gasteiger charge is -1.99. The molecule has 130 valence electrons. The van der Waals surface area contributed by atoms with Crippen molar-refractivity contribution in [2.24, 2.45) is 5.10 Å². The number of nitro benzene ring substituents is 1. The molecule has 0 saturated carbocycles. The van der Waals surface area contributed by atoms with E-state index >= 15 is 0 Å². The normalized spacial score (nSPS) is 16.5. The maximum Gasteiger partial charge on any atom is 0.271 e. The summed E-state index contributed by atoms with van der Waals surface area (Å²) in [5.41, 5.74) is 3.34. The SMILES string of the molecule is O=C1N/C(=N\NC(=O)c2ccncc2)S/C1=C\c1ccc([N+](=O)[O-])cc1. The number of carbonyl (C=O) groups excluding carboxylic acids is 2. The Morgan fingerprint density at radius 3 is 2.58 bits per heavy atom. The van der Waals surface area contributed by atoms with Crippen molar-refractivity contribution in [3.8, 4) is 0 Å². The van der Waals surface area contributed by atoms with Crippen LogP contribution in [0.15, 0.2) is 58.8 Å². The number of carbonyl (C=O) groups is 2. The summed E-state index contributed by atoms with van der Waals surface area (Å²) in [4.78, 5) is 38.2. The van der Waals surface area contributed by atoms with Crippen molar-refractivity contribution < 1.29 is 14.5 Å². The number of thioether (sulfide) groups is 1. The molecule has 2 aromatic rings. The monoisotopic (exact) mass is 369 g/mol. The van der Waals surface area contributed by atoms with E-state index in [9.17, 15) is 19.7 Å². The van der Waals surface area contributed by atoms with Gasteiger partial charge in [0.1, 0.15) is 0 Å². The highest BCUT2D eigenvalue weighted by atomic mass is 32.2. The average molecular weight is 369 g/mol. The van der Waals surface area contributed by atoms with Crippen molar-refractivity contribution in [1.82, 2.24) is 15.7 Å². The fourth-order valence-corrected chi connectivity index (χ4v) is 2.78. The first-order valence-electron chi connectivity index (χ1n) is 7.26. The standard InChI is InChI=1S/C16H11N5O4S/c22-14(11-5-7-17-8-6-11)19-20-16-18-15(23)13(26-16)9-10-1-3-12(4-2-10)21(24)25/h1-9H,(H,19,22)(H,18,20,23)/b13-9-. The number of benzene rings is 1. The summed E-state index contributed by atoms with van der Waals surface area (Å²) in [6.07, 6.45) is 4.55. The van der Waals surface area contributed by atoms with Crippen molar-refractivity contribution in [2.45, 2.75) is 0 Å². The quantitative estimate of drug-likeness (QED) is 0.481. The predicted octanol–water partition coefficient (Wildman–Crippen LogP) is 1.89. The number of non-ortho nitro benzene ring substituents is 1. The Morgan fingerprint density at radius 1 is 1.23 bits per heavy atom. The van der Waals surface area contributed by atoms with E-state index in [0.29, 0.717) is 16.0 Å². The highest BCUT2D eigenvalue weighted by molar-refractivity contribution is 8.18. The third kappa shape index (κ3) is 4.11. The number of hydrazone groups is 1. The molecule has 1 aromatic carbocycles. The Hall–Kier alpha value is -3.53. The summed E-state index contributed by atoms with van der Waals surface area (Å²) in [6, 6.07) is 8.87.